The summed E-state index contributed by atoms with van der Waals surface area (Å²) < 4.78 is 1.81. The highest BCUT2D eigenvalue weighted by atomic mass is 16.2. The summed E-state index contributed by atoms with van der Waals surface area (Å²) in [5, 5.41) is 4.44. The fourth-order valence-corrected chi connectivity index (χ4v) is 6.12. The van der Waals surface area contributed by atoms with Gasteiger partial charge in [-0.1, -0.05) is 56.3 Å². The molecule has 36 heavy (non-hydrogen) atoms. The first-order valence-electron chi connectivity index (χ1n) is 12.7. The van der Waals surface area contributed by atoms with E-state index in [1.165, 1.54) is 5.56 Å². The molecule has 3 aliphatic rings. The van der Waals surface area contributed by atoms with Crippen molar-refractivity contribution in [3.8, 4) is 0 Å². The molecule has 7 heteroatoms. The van der Waals surface area contributed by atoms with Gasteiger partial charge in [-0.05, 0) is 35.1 Å². The number of carbonyl (C=O) groups is 2. The van der Waals surface area contributed by atoms with E-state index in [2.05, 4.69) is 43.2 Å². The second-order valence-corrected chi connectivity index (χ2v) is 11.6. The molecule has 2 saturated heterocycles. The zero-order valence-electron chi connectivity index (χ0n) is 20.9. The average molecular weight is 484 g/mol. The number of nitrogen functional groups attached to an aromatic ring is 1. The molecule has 2 amide bonds. The van der Waals surface area contributed by atoms with Gasteiger partial charge >= 0.3 is 0 Å². The minimum atomic E-state index is -0.125. The van der Waals surface area contributed by atoms with Crippen molar-refractivity contribution in [2.24, 2.45) is 16.7 Å². The fraction of sp³-hybridized carbons (Fsp3) is 0.414. The summed E-state index contributed by atoms with van der Waals surface area (Å²) >= 11 is 0. The lowest BCUT2D eigenvalue weighted by Gasteiger charge is -2.51. The van der Waals surface area contributed by atoms with Crippen LogP contribution in [0.5, 0.6) is 0 Å². The molecule has 2 aromatic carbocycles. The van der Waals surface area contributed by atoms with E-state index in [0.717, 1.165) is 17.7 Å². The molecule has 186 valence electrons. The van der Waals surface area contributed by atoms with Gasteiger partial charge in [-0.25, -0.2) is 0 Å². The van der Waals surface area contributed by atoms with E-state index < -0.39 is 0 Å². The van der Waals surface area contributed by atoms with Crippen LogP contribution >= 0.6 is 0 Å². The van der Waals surface area contributed by atoms with Gasteiger partial charge in [-0.2, -0.15) is 5.10 Å². The number of hydrogen-bond donors (Lipinski definition) is 1. The first-order chi connectivity index (χ1) is 17.2. The van der Waals surface area contributed by atoms with Crippen molar-refractivity contribution in [1.82, 2.24) is 19.6 Å². The zero-order valence-corrected chi connectivity index (χ0v) is 20.9. The highest BCUT2D eigenvalue weighted by molar-refractivity contribution is 5.94. The molecule has 7 nitrogen and oxygen atoms in total. The lowest BCUT2D eigenvalue weighted by molar-refractivity contribution is -0.145. The normalized spacial score (nSPS) is 23.5. The SMILES string of the molecule is CC1(C)C[C@@H]1C(=O)N1CC2(CN(C(=O)c3cnn(Cc4ccccc4)c3)CC2c2ccc(N)cc2)C1. The van der Waals surface area contributed by atoms with E-state index >= 15 is 0 Å². The maximum Gasteiger partial charge on any atom is 0.257 e. The Hall–Kier alpha value is -3.61. The molecule has 0 bridgehead atoms. The van der Waals surface area contributed by atoms with Crippen LogP contribution in [-0.2, 0) is 11.3 Å². The lowest BCUT2D eigenvalue weighted by Crippen LogP contribution is -2.62. The largest absolute Gasteiger partial charge is 0.399 e. The molecule has 3 aromatic rings. The molecular weight excluding hydrogens is 450 g/mol. The number of hydrogen-bond acceptors (Lipinski definition) is 4. The number of benzene rings is 2. The number of likely N-dealkylation sites (tertiary alicyclic amines) is 2. The minimum Gasteiger partial charge on any atom is -0.399 e. The number of amides is 2. The second-order valence-electron chi connectivity index (χ2n) is 11.6. The Balaban J connectivity index is 1.20. The number of nitrogens with two attached hydrogens (primary N) is 1. The van der Waals surface area contributed by atoms with Gasteiger partial charge in [-0.3, -0.25) is 14.3 Å². The van der Waals surface area contributed by atoms with Crippen molar-refractivity contribution < 1.29 is 9.59 Å². The molecule has 2 aliphatic heterocycles. The van der Waals surface area contributed by atoms with E-state index in [0.29, 0.717) is 38.3 Å². The van der Waals surface area contributed by atoms with E-state index in [9.17, 15) is 9.59 Å². The number of anilines is 1. The summed E-state index contributed by atoms with van der Waals surface area (Å²) in [6.07, 6.45) is 4.47. The van der Waals surface area contributed by atoms with Gasteiger partial charge in [0, 0.05) is 55.3 Å². The summed E-state index contributed by atoms with van der Waals surface area (Å²) in [4.78, 5) is 30.6. The smallest absolute Gasteiger partial charge is 0.257 e. The average Bonchev–Trinajstić information content (AvgIpc) is 3.18. The zero-order chi connectivity index (χ0) is 25.1. The van der Waals surface area contributed by atoms with Gasteiger partial charge in [0.1, 0.15) is 0 Å². The molecule has 1 aromatic heterocycles. The Labute approximate surface area is 211 Å². The first kappa shape index (κ1) is 22.8. The Kier molecular flexibility index (Phi) is 5.21. The monoisotopic (exact) mass is 483 g/mol. The van der Waals surface area contributed by atoms with Crippen LogP contribution in [0.25, 0.3) is 0 Å². The molecule has 1 aliphatic carbocycles. The molecule has 1 saturated carbocycles. The predicted molar refractivity (Wildman–Crippen MR) is 138 cm³/mol. The molecule has 6 rings (SSSR count). The lowest BCUT2D eigenvalue weighted by atomic mass is 9.68. The summed E-state index contributed by atoms with van der Waals surface area (Å²) in [5.74, 6) is 0.575. The van der Waals surface area contributed by atoms with Crippen LogP contribution < -0.4 is 5.73 Å². The van der Waals surface area contributed by atoms with Crippen molar-refractivity contribution in [3.63, 3.8) is 0 Å². The van der Waals surface area contributed by atoms with Crippen LogP contribution in [0.1, 0.15) is 47.7 Å². The molecule has 3 heterocycles. The highest BCUT2D eigenvalue weighted by Crippen LogP contribution is 2.55. The Morgan fingerprint density at radius 2 is 1.67 bits per heavy atom. The van der Waals surface area contributed by atoms with Gasteiger partial charge in [0.25, 0.3) is 5.91 Å². The second kappa shape index (κ2) is 8.22. The highest BCUT2D eigenvalue weighted by Gasteiger charge is 2.60. The van der Waals surface area contributed by atoms with Crippen LogP contribution in [-0.4, -0.2) is 57.6 Å². The summed E-state index contributed by atoms with van der Waals surface area (Å²) in [6, 6.07) is 18.1. The van der Waals surface area contributed by atoms with Crippen LogP contribution in [0.4, 0.5) is 5.69 Å². The molecular formula is C29H33N5O2. The summed E-state index contributed by atoms with van der Waals surface area (Å²) in [6.45, 7) is 7.62. The van der Waals surface area contributed by atoms with Gasteiger partial charge in [-0.15, -0.1) is 0 Å². The molecule has 2 atom stereocenters. The summed E-state index contributed by atoms with van der Waals surface area (Å²) in [7, 11) is 0. The predicted octanol–water partition coefficient (Wildman–Crippen LogP) is 3.63. The maximum atomic E-state index is 13.6. The van der Waals surface area contributed by atoms with Crippen molar-refractivity contribution in [1.29, 1.82) is 0 Å². The third kappa shape index (κ3) is 3.96. The van der Waals surface area contributed by atoms with Gasteiger partial charge in [0.15, 0.2) is 0 Å². The van der Waals surface area contributed by atoms with Crippen molar-refractivity contribution in [2.45, 2.75) is 32.7 Å². The van der Waals surface area contributed by atoms with E-state index in [4.69, 9.17) is 5.73 Å². The van der Waals surface area contributed by atoms with Crippen molar-refractivity contribution in [2.75, 3.05) is 31.9 Å². The van der Waals surface area contributed by atoms with Crippen LogP contribution in [0.15, 0.2) is 67.0 Å². The number of rotatable bonds is 5. The quantitative estimate of drug-likeness (QED) is 0.562. The molecule has 3 fully saturated rings. The Bertz CT molecular complexity index is 1290. The maximum absolute atomic E-state index is 13.6. The molecule has 1 unspecified atom stereocenters. The third-order valence-electron chi connectivity index (χ3n) is 8.48. The fourth-order valence-electron chi connectivity index (χ4n) is 6.12. The Morgan fingerprint density at radius 1 is 1.00 bits per heavy atom. The molecule has 2 N–H and O–H groups in total. The molecule has 0 radical (unpaired) electrons. The van der Waals surface area contributed by atoms with Crippen LogP contribution in [0.3, 0.4) is 0 Å². The van der Waals surface area contributed by atoms with Gasteiger partial charge in [0.2, 0.25) is 5.91 Å². The third-order valence-corrected chi connectivity index (χ3v) is 8.48. The number of nitrogens with zero attached hydrogens (tertiary/aromatic N) is 4. The minimum absolute atomic E-state index is 0.000246. The summed E-state index contributed by atoms with van der Waals surface area (Å²) in [5.41, 5.74) is 9.59. The van der Waals surface area contributed by atoms with Gasteiger partial charge < -0.3 is 15.5 Å². The van der Waals surface area contributed by atoms with Crippen LogP contribution in [0.2, 0.25) is 0 Å². The van der Waals surface area contributed by atoms with E-state index in [1.54, 1.807) is 6.20 Å². The molecule has 1 spiro atoms. The van der Waals surface area contributed by atoms with E-state index in [1.807, 2.05) is 51.0 Å². The Morgan fingerprint density at radius 3 is 2.33 bits per heavy atom. The van der Waals surface area contributed by atoms with Crippen LogP contribution in [0, 0.1) is 16.7 Å². The standard InChI is InChI=1S/C29H33N5O2/c1-28(2)12-24(28)27(36)33-18-29(19-33)17-32(16-25(29)21-8-10-23(30)11-9-21)26(35)22-13-31-34(15-22)14-20-6-4-3-5-7-20/h3-11,13,15,24-25H,12,14,16-19,30H2,1-2H3/t24-,25?/m1/s1. The topological polar surface area (TPSA) is 84.5 Å². The van der Waals surface area contributed by atoms with Gasteiger partial charge in [0.05, 0.1) is 18.3 Å². The number of aromatic nitrogens is 2. The van der Waals surface area contributed by atoms with Crippen molar-refractivity contribution in [3.05, 3.63) is 83.7 Å². The first-order valence-corrected chi connectivity index (χ1v) is 12.7. The number of carbonyl (C=O) groups excluding carboxylic acids is 2. The van der Waals surface area contributed by atoms with Crippen molar-refractivity contribution >= 4 is 17.5 Å². The van der Waals surface area contributed by atoms with E-state index in [-0.39, 0.29) is 34.5 Å².